The summed E-state index contributed by atoms with van der Waals surface area (Å²) in [4.78, 5) is 22.4. The Morgan fingerprint density at radius 2 is 1.93 bits per heavy atom. The average Bonchev–Trinajstić information content (AvgIpc) is 2.75. The fourth-order valence-corrected chi connectivity index (χ4v) is 4.90. The van der Waals surface area contributed by atoms with Crippen molar-refractivity contribution in [3.05, 3.63) is 23.4 Å². The first-order chi connectivity index (χ1) is 14.5. The Bertz CT molecular complexity index is 729. The van der Waals surface area contributed by atoms with Crippen molar-refractivity contribution < 1.29 is 14.6 Å². The fraction of sp³-hybridized carbons (Fsp3) is 0.739. The Morgan fingerprint density at radius 1 is 1.20 bits per heavy atom. The first kappa shape index (κ1) is 21.5. The molecule has 0 aromatic carbocycles. The summed E-state index contributed by atoms with van der Waals surface area (Å²) in [5, 5.41) is 14.3. The second kappa shape index (κ2) is 9.62. The van der Waals surface area contributed by atoms with E-state index in [1.807, 2.05) is 19.1 Å². The number of aliphatic hydroxyl groups excluding tert-OH is 1. The summed E-state index contributed by atoms with van der Waals surface area (Å²) in [5.41, 5.74) is 1.70. The lowest BCUT2D eigenvalue weighted by molar-refractivity contribution is -0.129. The van der Waals surface area contributed by atoms with Crippen LogP contribution in [0.2, 0.25) is 0 Å². The normalized spacial score (nSPS) is 30.0. The molecule has 0 radical (unpaired) electrons. The van der Waals surface area contributed by atoms with E-state index in [1.54, 1.807) is 0 Å². The summed E-state index contributed by atoms with van der Waals surface area (Å²) in [6, 6.07) is 4.09. The third kappa shape index (κ3) is 4.95. The number of nitrogens with zero attached hydrogens (tertiary/aromatic N) is 3. The van der Waals surface area contributed by atoms with E-state index in [2.05, 4.69) is 22.0 Å². The van der Waals surface area contributed by atoms with Crippen molar-refractivity contribution in [1.82, 2.24) is 15.2 Å². The van der Waals surface area contributed by atoms with E-state index in [0.29, 0.717) is 6.54 Å². The maximum atomic E-state index is 13.1. The molecule has 1 aromatic rings. The fourth-order valence-electron chi connectivity index (χ4n) is 4.90. The molecule has 0 bridgehead atoms. The third-order valence-electron chi connectivity index (χ3n) is 6.95. The molecule has 7 heteroatoms. The molecule has 4 rings (SSSR count). The van der Waals surface area contributed by atoms with Crippen molar-refractivity contribution >= 4 is 11.7 Å². The Kier molecular flexibility index (Phi) is 6.91. The number of rotatable bonds is 5. The summed E-state index contributed by atoms with van der Waals surface area (Å²) in [6.45, 7) is 9.88. The molecular formula is C23H36N4O3. The molecule has 2 fully saturated rings. The zero-order valence-corrected chi connectivity index (χ0v) is 18.3. The van der Waals surface area contributed by atoms with Crippen LogP contribution in [0.3, 0.4) is 0 Å². The molecular weight excluding hydrogens is 380 g/mol. The standard InChI is InChI=1S/C23H36N4O3/c1-16-3-6-18(7-4-16)25-23(29)20-15-27(10-9-26-11-13-30-14-12-26)22-19(21(20)28)8-5-17(2)24-22/h5,8,16,18,20-21,28H,3-4,6-7,9-15H2,1-2H3,(H,25,29). The second-order valence-corrected chi connectivity index (χ2v) is 9.28. The smallest absolute Gasteiger partial charge is 0.228 e. The number of hydrogen-bond donors (Lipinski definition) is 2. The number of carbonyl (C=O) groups excluding carboxylic acids is 1. The SMILES string of the molecule is Cc1ccc2c(n1)N(CCN1CCOCC1)CC(C(=O)NC1CCC(C)CC1)C2O. The highest BCUT2D eigenvalue weighted by Crippen LogP contribution is 2.36. The van der Waals surface area contributed by atoms with Gasteiger partial charge in [0.2, 0.25) is 5.91 Å². The Balaban J connectivity index is 1.46. The van der Waals surface area contributed by atoms with Crippen LogP contribution in [-0.4, -0.2) is 72.9 Å². The lowest BCUT2D eigenvalue weighted by Gasteiger charge is -2.39. The van der Waals surface area contributed by atoms with Gasteiger partial charge >= 0.3 is 0 Å². The maximum absolute atomic E-state index is 13.1. The predicted octanol–water partition coefficient (Wildman–Crippen LogP) is 1.89. The summed E-state index contributed by atoms with van der Waals surface area (Å²) in [7, 11) is 0. The van der Waals surface area contributed by atoms with Crippen LogP contribution in [0, 0.1) is 18.8 Å². The molecule has 7 nitrogen and oxygen atoms in total. The van der Waals surface area contributed by atoms with E-state index >= 15 is 0 Å². The average molecular weight is 417 g/mol. The Morgan fingerprint density at radius 3 is 2.67 bits per heavy atom. The van der Waals surface area contributed by atoms with Gasteiger partial charge in [0, 0.05) is 50.0 Å². The van der Waals surface area contributed by atoms with E-state index in [1.165, 1.54) is 0 Å². The highest BCUT2D eigenvalue weighted by Gasteiger charge is 2.38. The van der Waals surface area contributed by atoms with Gasteiger partial charge in [-0.25, -0.2) is 4.98 Å². The first-order valence-corrected chi connectivity index (χ1v) is 11.5. The van der Waals surface area contributed by atoms with E-state index in [9.17, 15) is 9.90 Å². The van der Waals surface area contributed by atoms with Crippen molar-refractivity contribution in [2.24, 2.45) is 11.8 Å². The summed E-state index contributed by atoms with van der Waals surface area (Å²) in [5.74, 6) is 1.08. The van der Waals surface area contributed by atoms with Gasteiger partial charge in [-0.15, -0.1) is 0 Å². The van der Waals surface area contributed by atoms with Gasteiger partial charge in [-0.3, -0.25) is 9.69 Å². The Labute approximate surface area is 179 Å². The number of nitrogens with one attached hydrogen (secondary N) is 1. The van der Waals surface area contributed by atoms with Crippen molar-refractivity contribution in [2.75, 3.05) is 50.8 Å². The molecule has 0 spiro atoms. The van der Waals surface area contributed by atoms with Crippen LogP contribution in [0.4, 0.5) is 5.82 Å². The van der Waals surface area contributed by atoms with Crippen LogP contribution in [-0.2, 0) is 9.53 Å². The molecule has 3 aliphatic rings. The molecule has 1 aromatic heterocycles. The van der Waals surface area contributed by atoms with Crippen molar-refractivity contribution in [2.45, 2.75) is 51.7 Å². The van der Waals surface area contributed by atoms with Crippen molar-refractivity contribution in [3.63, 3.8) is 0 Å². The van der Waals surface area contributed by atoms with Gasteiger partial charge in [0.1, 0.15) is 5.82 Å². The van der Waals surface area contributed by atoms with Gasteiger partial charge in [-0.05, 0) is 44.6 Å². The van der Waals surface area contributed by atoms with Crippen molar-refractivity contribution in [3.8, 4) is 0 Å². The van der Waals surface area contributed by atoms with Gasteiger partial charge < -0.3 is 20.1 Å². The maximum Gasteiger partial charge on any atom is 0.228 e. The number of morpholine rings is 1. The highest BCUT2D eigenvalue weighted by molar-refractivity contribution is 5.81. The number of aliphatic hydroxyl groups is 1. The molecule has 30 heavy (non-hydrogen) atoms. The van der Waals surface area contributed by atoms with Gasteiger partial charge in [-0.1, -0.05) is 13.0 Å². The molecule has 3 heterocycles. The molecule has 1 amide bonds. The number of pyridine rings is 1. The number of anilines is 1. The zero-order valence-electron chi connectivity index (χ0n) is 18.3. The Hall–Kier alpha value is -1.70. The lowest BCUT2D eigenvalue weighted by atomic mass is 9.86. The molecule has 2 atom stereocenters. The molecule has 166 valence electrons. The van der Waals surface area contributed by atoms with Crippen LogP contribution >= 0.6 is 0 Å². The highest BCUT2D eigenvalue weighted by atomic mass is 16.5. The molecule has 1 aliphatic carbocycles. The summed E-state index contributed by atoms with van der Waals surface area (Å²) in [6.07, 6.45) is 3.59. The number of carbonyl (C=O) groups is 1. The van der Waals surface area contributed by atoms with Crippen LogP contribution < -0.4 is 10.2 Å². The minimum Gasteiger partial charge on any atom is -0.387 e. The number of aromatic nitrogens is 1. The first-order valence-electron chi connectivity index (χ1n) is 11.5. The van der Waals surface area contributed by atoms with E-state index in [-0.39, 0.29) is 11.9 Å². The number of fused-ring (bicyclic) bond motifs is 1. The number of amides is 1. The second-order valence-electron chi connectivity index (χ2n) is 9.28. The number of hydrogen-bond acceptors (Lipinski definition) is 6. The van der Waals surface area contributed by atoms with Crippen LogP contribution in [0.1, 0.15) is 50.0 Å². The van der Waals surface area contributed by atoms with E-state index < -0.39 is 12.0 Å². The lowest BCUT2D eigenvalue weighted by Crippen LogP contribution is -2.50. The minimum absolute atomic E-state index is 0.0235. The molecule has 2 unspecified atom stereocenters. The topological polar surface area (TPSA) is 77.9 Å². The number of aryl methyl sites for hydroxylation is 1. The van der Waals surface area contributed by atoms with Gasteiger partial charge in [-0.2, -0.15) is 0 Å². The van der Waals surface area contributed by atoms with Crippen LogP contribution in [0.25, 0.3) is 0 Å². The van der Waals surface area contributed by atoms with Crippen LogP contribution in [0.15, 0.2) is 12.1 Å². The van der Waals surface area contributed by atoms with Gasteiger partial charge in [0.05, 0.1) is 25.2 Å². The van der Waals surface area contributed by atoms with E-state index in [0.717, 1.165) is 88.1 Å². The van der Waals surface area contributed by atoms with Gasteiger partial charge in [0.15, 0.2) is 0 Å². The third-order valence-corrected chi connectivity index (χ3v) is 6.95. The predicted molar refractivity (Wildman–Crippen MR) is 116 cm³/mol. The largest absolute Gasteiger partial charge is 0.387 e. The van der Waals surface area contributed by atoms with E-state index in [4.69, 9.17) is 9.72 Å². The molecule has 1 saturated carbocycles. The monoisotopic (exact) mass is 416 g/mol. The molecule has 2 N–H and O–H groups in total. The minimum atomic E-state index is -0.810. The van der Waals surface area contributed by atoms with Gasteiger partial charge in [0.25, 0.3) is 0 Å². The quantitative estimate of drug-likeness (QED) is 0.763. The molecule has 2 aliphatic heterocycles. The zero-order chi connectivity index (χ0) is 21.1. The molecule has 1 saturated heterocycles. The summed E-state index contributed by atoms with van der Waals surface area (Å²) >= 11 is 0. The van der Waals surface area contributed by atoms with Crippen molar-refractivity contribution in [1.29, 1.82) is 0 Å². The van der Waals surface area contributed by atoms with Crippen LogP contribution in [0.5, 0.6) is 0 Å². The summed E-state index contributed by atoms with van der Waals surface area (Å²) < 4.78 is 5.45. The number of ether oxygens (including phenoxy) is 1.